The second-order valence-electron chi connectivity index (χ2n) is 15.0. The Bertz CT molecular complexity index is 1520. The van der Waals surface area contributed by atoms with Gasteiger partial charge in [-0.1, -0.05) is 92.1 Å². The first-order valence-corrected chi connectivity index (χ1v) is 16.4. The number of aryl methyl sites for hydroxylation is 1. The van der Waals surface area contributed by atoms with Crippen LogP contribution in [0.3, 0.4) is 0 Å². The summed E-state index contributed by atoms with van der Waals surface area (Å²) in [5, 5.41) is 4.71. The molecule has 45 heavy (non-hydrogen) atoms. The zero-order valence-electron chi connectivity index (χ0n) is 28.8. The number of benzene rings is 1. The molecule has 244 valence electrons. The maximum atomic E-state index is 14.4. The van der Waals surface area contributed by atoms with Gasteiger partial charge in [0, 0.05) is 30.5 Å². The minimum Gasteiger partial charge on any atom is -0.459 e. The molecule has 0 saturated heterocycles. The maximum Gasteiger partial charge on any atom is 0.415 e. The molecule has 2 atom stereocenters. The van der Waals surface area contributed by atoms with E-state index in [2.05, 4.69) is 58.3 Å². The van der Waals surface area contributed by atoms with Gasteiger partial charge in [0.15, 0.2) is 5.82 Å². The number of hydrogen-bond acceptors (Lipinski definition) is 5. The summed E-state index contributed by atoms with van der Waals surface area (Å²) in [4.78, 5) is 36.4. The molecular weight excluding hydrogens is 566 g/mol. The standard InChI is InChI=1S/C36H51N5O4/c1-12-18-40(19-13-2)34(43)45-32-28(37-11)27(31-38-30(39-41(31)32)24-16-14-22(3)15-17-24)33(42)44-29-25(35(5,6)7)20-23(4)21-26(29)36(8,9)10/h14-17,23,25-26,29H,12-13,18-21H2,1-10H3,(H,38,39). The predicted octanol–water partition coefficient (Wildman–Crippen LogP) is 9.09. The molecule has 1 amide bonds. The van der Waals surface area contributed by atoms with Crippen molar-refractivity contribution in [1.29, 1.82) is 0 Å². The Kier molecular flexibility index (Phi) is 10.1. The number of H-pyrrole nitrogens is 1. The topological polar surface area (TPSA) is 93.3 Å². The number of rotatable bonds is 8. The van der Waals surface area contributed by atoms with Crippen molar-refractivity contribution >= 4 is 23.4 Å². The molecule has 1 aliphatic carbocycles. The largest absolute Gasteiger partial charge is 0.459 e. The van der Waals surface area contributed by atoms with E-state index in [9.17, 15) is 9.59 Å². The lowest BCUT2D eigenvalue weighted by Crippen LogP contribution is -2.49. The molecule has 4 rings (SSSR count). The number of carbonyl (C=O) groups is 2. The average Bonchev–Trinajstić information content (AvgIpc) is 3.50. The van der Waals surface area contributed by atoms with E-state index < -0.39 is 12.1 Å². The van der Waals surface area contributed by atoms with Gasteiger partial charge in [-0.3, -0.25) is 0 Å². The smallest absolute Gasteiger partial charge is 0.415 e. The first kappa shape index (κ1) is 34.1. The van der Waals surface area contributed by atoms with Gasteiger partial charge in [0.25, 0.3) is 5.69 Å². The normalized spacial score (nSPS) is 20.6. The van der Waals surface area contributed by atoms with Crippen molar-refractivity contribution in [2.75, 3.05) is 13.1 Å². The lowest BCUT2D eigenvalue weighted by molar-refractivity contribution is -0.0922. The van der Waals surface area contributed by atoms with E-state index >= 15 is 0 Å². The van der Waals surface area contributed by atoms with Crippen molar-refractivity contribution in [3.8, 4) is 17.3 Å². The predicted molar refractivity (Wildman–Crippen MR) is 178 cm³/mol. The molecule has 2 aromatic heterocycles. The summed E-state index contributed by atoms with van der Waals surface area (Å²) in [6, 6.07) is 7.82. The summed E-state index contributed by atoms with van der Waals surface area (Å²) in [7, 11) is 0. The van der Waals surface area contributed by atoms with Gasteiger partial charge in [-0.25, -0.2) is 14.4 Å². The highest BCUT2D eigenvalue weighted by Crippen LogP contribution is 2.50. The van der Waals surface area contributed by atoms with Gasteiger partial charge < -0.3 is 19.4 Å². The van der Waals surface area contributed by atoms with Crippen molar-refractivity contribution in [3.63, 3.8) is 0 Å². The monoisotopic (exact) mass is 617 g/mol. The SMILES string of the molecule is [C-]#[N+]c1c(C(=O)OC2C(C(C)(C)C)CC(C)CC2C(C)(C)C)c2[nH]c(-c3ccc(C)cc3)nn2c1OC(=O)N(CCC)CCC. The Hall–Kier alpha value is -3.80. The van der Waals surface area contributed by atoms with Gasteiger partial charge in [0.1, 0.15) is 17.3 Å². The summed E-state index contributed by atoms with van der Waals surface area (Å²) in [6.45, 7) is 30.7. The van der Waals surface area contributed by atoms with Crippen molar-refractivity contribution in [1.82, 2.24) is 19.5 Å². The molecule has 0 aliphatic heterocycles. The number of nitrogens with one attached hydrogen (secondary N) is 1. The Morgan fingerprint density at radius 1 is 1.02 bits per heavy atom. The zero-order chi connectivity index (χ0) is 33.3. The van der Waals surface area contributed by atoms with Crippen LogP contribution in [-0.2, 0) is 4.74 Å². The highest BCUT2D eigenvalue weighted by atomic mass is 16.6. The van der Waals surface area contributed by atoms with E-state index in [4.69, 9.17) is 21.1 Å². The van der Waals surface area contributed by atoms with Gasteiger partial charge >= 0.3 is 12.1 Å². The first-order chi connectivity index (χ1) is 21.1. The summed E-state index contributed by atoms with van der Waals surface area (Å²) in [5.74, 6) is 0.546. The molecule has 0 spiro atoms. The molecule has 3 aromatic rings. The number of aromatic amines is 1. The third-order valence-corrected chi connectivity index (χ3v) is 9.16. The van der Waals surface area contributed by atoms with Crippen LogP contribution in [0.1, 0.15) is 104 Å². The first-order valence-electron chi connectivity index (χ1n) is 16.4. The Morgan fingerprint density at radius 2 is 1.58 bits per heavy atom. The van der Waals surface area contributed by atoms with Crippen molar-refractivity contribution in [3.05, 3.63) is 46.8 Å². The summed E-state index contributed by atoms with van der Waals surface area (Å²) >= 11 is 0. The molecule has 1 aromatic carbocycles. The molecule has 2 unspecified atom stereocenters. The van der Waals surface area contributed by atoms with Crippen LogP contribution in [0.2, 0.25) is 0 Å². The molecule has 1 aliphatic rings. The third-order valence-electron chi connectivity index (χ3n) is 9.16. The Labute approximate surface area is 268 Å². The van der Waals surface area contributed by atoms with Gasteiger partial charge in [-0.05, 0) is 49.4 Å². The summed E-state index contributed by atoms with van der Waals surface area (Å²) in [6.07, 6.45) is 2.49. The van der Waals surface area contributed by atoms with Crippen LogP contribution in [0.4, 0.5) is 10.5 Å². The van der Waals surface area contributed by atoms with Crippen LogP contribution in [0, 0.1) is 42.1 Å². The van der Waals surface area contributed by atoms with Crippen LogP contribution in [0.25, 0.3) is 21.9 Å². The van der Waals surface area contributed by atoms with E-state index in [-0.39, 0.29) is 51.5 Å². The Balaban J connectivity index is 1.86. The minimum atomic E-state index is -0.609. The summed E-state index contributed by atoms with van der Waals surface area (Å²) < 4.78 is 13.8. The van der Waals surface area contributed by atoms with E-state index in [0.717, 1.165) is 36.8 Å². The highest BCUT2D eigenvalue weighted by Gasteiger charge is 2.48. The van der Waals surface area contributed by atoms with E-state index in [1.54, 1.807) is 4.90 Å². The molecule has 0 bridgehead atoms. The van der Waals surface area contributed by atoms with Crippen molar-refractivity contribution < 1.29 is 19.1 Å². The number of esters is 1. The third kappa shape index (κ3) is 7.21. The number of amides is 1. The molecule has 2 heterocycles. The second kappa shape index (κ2) is 13.3. The maximum absolute atomic E-state index is 14.4. The van der Waals surface area contributed by atoms with Crippen LogP contribution in [0.15, 0.2) is 24.3 Å². The quantitative estimate of drug-likeness (QED) is 0.201. The molecule has 1 N–H and O–H groups in total. The van der Waals surface area contributed by atoms with E-state index in [0.29, 0.717) is 24.8 Å². The number of aromatic nitrogens is 3. The Morgan fingerprint density at radius 3 is 2.07 bits per heavy atom. The number of fused-ring (bicyclic) bond motifs is 1. The number of carbonyl (C=O) groups excluding carboxylic acids is 2. The van der Waals surface area contributed by atoms with Gasteiger partial charge in [0.2, 0.25) is 5.88 Å². The number of hydrogen-bond donors (Lipinski definition) is 1. The molecule has 0 radical (unpaired) electrons. The van der Waals surface area contributed by atoms with Gasteiger partial charge in [0.05, 0.1) is 6.57 Å². The fraction of sp³-hybridized carbons (Fsp3) is 0.611. The lowest BCUT2D eigenvalue weighted by Gasteiger charge is -2.50. The lowest BCUT2D eigenvalue weighted by atomic mass is 9.59. The van der Waals surface area contributed by atoms with E-state index in [1.165, 1.54) is 4.52 Å². The molecule has 1 saturated carbocycles. The highest BCUT2D eigenvalue weighted by molar-refractivity contribution is 6.05. The van der Waals surface area contributed by atoms with E-state index in [1.807, 2.05) is 45.0 Å². The molecule has 9 nitrogen and oxygen atoms in total. The second-order valence-corrected chi connectivity index (χ2v) is 15.0. The average molecular weight is 618 g/mol. The van der Waals surface area contributed by atoms with Crippen molar-refractivity contribution in [2.45, 2.75) is 101 Å². The van der Waals surface area contributed by atoms with Crippen LogP contribution in [0.5, 0.6) is 5.88 Å². The van der Waals surface area contributed by atoms with Gasteiger partial charge in [-0.15, -0.1) is 5.10 Å². The van der Waals surface area contributed by atoms with Gasteiger partial charge in [-0.2, -0.15) is 4.52 Å². The molecular formula is C36H51N5O4. The number of ether oxygens (including phenoxy) is 2. The van der Waals surface area contributed by atoms with Crippen LogP contribution in [-0.4, -0.2) is 50.8 Å². The van der Waals surface area contributed by atoms with Crippen LogP contribution < -0.4 is 4.74 Å². The molecule has 9 heteroatoms. The number of nitrogens with zero attached hydrogens (tertiary/aromatic N) is 4. The minimum absolute atomic E-state index is 0.0372. The molecule has 1 fully saturated rings. The summed E-state index contributed by atoms with van der Waals surface area (Å²) in [5.41, 5.74) is 1.92. The van der Waals surface area contributed by atoms with Crippen molar-refractivity contribution in [2.24, 2.45) is 28.6 Å². The zero-order valence-corrected chi connectivity index (χ0v) is 28.8. The van der Waals surface area contributed by atoms with Crippen LogP contribution >= 0.6 is 0 Å². The fourth-order valence-electron chi connectivity index (χ4n) is 6.74. The fourth-order valence-corrected chi connectivity index (χ4v) is 6.74.